The van der Waals surface area contributed by atoms with Crippen LogP contribution < -0.4 is 5.73 Å². The van der Waals surface area contributed by atoms with Gasteiger partial charge in [0, 0.05) is 13.6 Å². The van der Waals surface area contributed by atoms with Crippen molar-refractivity contribution in [3.8, 4) is 0 Å². The average Bonchev–Trinajstić information content (AvgIpc) is 2.08. The molecule has 0 atom stereocenters. The van der Waals surface area contributed by atoms with Crippen LogP contribution in [0.15, 0.2) is 27.8 Å². The van der Waals surface area contributed by atoms with Crippen molar-refractivity contribution in [1.82, 2.24) is 0 Å². The summed E-state index contributed by atoms with van der Waals surface area (Å²) in [6, 6.07) is 5.56. The Hall–Kier alpha value is -0.300. The molecule has 0 aliphatic carbocycles. The van der Waals surface area contributed by atoms with E-state index in [1.807, 2.05) is 12.1 Å². The van der Waals surface area contributed by atoms with Gasteiger partial charge in [-0.2, -0.15) is 0 Å². The van der Waals surface area contributed by atoms with Gasteiger partial charge in [0.2, 0.25) is 0 Å². The topological polar surface area (TPSA) is 58.6 Å². The van der Waals surface area contributed by atoms with E-state index in [4.69, 9.17) is 10.9 Å². The zero-order chi connectivity index (χ0) is 9.14. The Balaban J connectivity index is 3.26. The Morgan fingerprint density at radius 2 is 2.25 bits per heavy atom. The van der Waals surface area contributed by atoms with E-state index in [-0.39, 0.29) is 5.84 Å². The third kappa shape index (κ3) is 1.89. The number of amidine groups is 1. The smallest absolute Gasteiger partial charge is 0.171 e. The van der Waals surface area contributed by atoms with Crippen LogP contribution in [0.1, 0.15) is 5.56 Å². The maximum absolute atomic E-state index is 8.44. The molecule has 3 nitrogen and oxygen atoms in total. The molecule has 1 aromatic carbocycles. The van der Waals surface area contributed by atoms with Gasteiger partial charge in [0.25, 0.3) is 0 Å². The van der Waals surface area contributed by atoms with E-state index in [0.29, 0.717) is 5.56 Å². The zero-order valence-corrected chi connectivity index (χ0v) is 9.70. The Kier molecular flexibility index (Phi) is 3.33. The van der Waals surface area contributed by atoms with Crippen LogP contribution in [0, 0.1) is 3.57 Å². The molecule has 0 spiro atoms. The number of hydrogen-bond acceptors (Lipinski definition) is 2. The van der Waals surface area contributed by atoms with E-state index in [1.165, 1.54) is 0 Å². The van der Waals surface area contributed by atoms with Crippen molar-refractivity contribution in [1.29, 1.82) is 0 Å². The molecule has 3 N–H and O–H groups in total. The molecule has 0 amide bonds. The number of rotatable bonds is 1. The van der Waals surface area contributed by atoms with Gasteiger partial charge in [0.1, 0.15) is 0 Å². The van der Waals surface area contributed by atoms with Gasteiger partial charge >= 0.3 is 0 Å². The lowest BCUT2D eigenvalue weighted by molar-refractivity contribution is 0.318. The van der Waals surface area contributed by atoms with Gasteiger partial charge in [-0.1, -0.05) is 11.2 Å². The summed E-state index contributed by atoms with van der Waals surface area (Å²) in [5.74, 6) is 0.111. The molecule has 0 radical (unpaired) electrons. The number of halogens is 2. The fraction of sp³-hybridized carbons (Fsp3) is 0. The minimum atomic E-state index is 0.111. The Morgan fingerprint density at radius 1 is 1.58 bits per heavy atom. The van der Waals surface area contributed by atoms with Gasteiger partial charge in [0.15, 0.2) is 5.84 Å². The highest BCUT2D eigenvalue weighted by Gasteiger charge is 2.06. The summed E-state index contributed by atoms with van der Waals surface area (Å²) in [7, 11) is 0. The summed E-state index contributed by atoms with van der Waals surface area (Å²) < 4.78 is 1.87. The van der Waals surface area contributed by atoms with Crippen molar-refractivity contribution in [2.24, 2.45) is 10.9 Å². The summed E-state index contributed by atoms with van der Waals surface area (Å²) in [5.41, 5.74) is 6.13. The van der Waals surface area contributed by atoms with Gasteiger partial charge in [-0.25, -0.2) is 0 Å². The minimum Gasteiger partial charge on any atom is -0.409 e. The van der Waals surface area contributed by atoms with Crippen LogP contribution in [0.5, 0.6) is 0 Å². The highest BCUT2D eigenvalue weighted by molar-refractivity contribution is 14.1. The van der Waals surface area contributed by atoms with Crippen LogP contribution in [0.4, 0.5) is 0 Å². The van der Waals surface area contributed by atoms with Gasteiger partial charge in [-0.05, 0) is 50.7 Å². The van der Waals surface area contributed by atoms with Crippen molar-refractivity contribution in [3.63, 3.8) is 0 Å². The van der Waals surface area contributed by atoms with Crippen LogP contribution in [-0.2, 0) is 0 Å². The van der Waals surface area contributed by atoms with Gasteiger partial charge in [0.05, 0.1) is 0 Å². The summed E-state index contributed by atoms with van der Waals surface area (Å²) in [6.07, 6.45) is 0. The van der Waals surface area contributed by atoms with Gasteiger partial charge in [-0.15, -0.1) is 0 Å². The molecule has 0 fully saturated rings. The van der Waals surface area contributed by atoms with Crippen molar-refractivity contribution in [2.75, 3.05) is 0 Å². The standard InChI is InChI=1S/C7H6BrIN2O/c8-6-4(7(10)11-12)2-1-3-5(6)9/h1-3,12H,(H2,10,11). The predicted molar refractivity (Wildman–Crippen MR) is 59.4 cm³/mol. The Labute approximate surface area is 91.9 Å². The Morgan fingerprint density at radius 3 is 2.83 bits per heavy atom. The number of benzene rings is 1. The third-order valence-electron chi connectivity index (χ3n) is 1.34. The third-order valence-corrected chi connectivity index (χ3v) is 3.83. The average molecular weight is 341 g/mol. The fourth-order valence-corrected chi connectivity index (χ4v) is 1.72. The summed E-state index contributed by atoms with van der Waals surface area (Å²) >= 11 is 5.50. The Bertz CT molecular complexity index is 327. The van der Waals surface area contributed by atoms with Crippen molar-refractivity contribution >= 4 is 44.4 Å². The molecule has 0 bridgehead atoms. The van der Waals surface area contributed by atoms with E-state index in [0.717, 1.165) is 8.04 Å². The van der Waals surface area contributed by atoms with Gasteiger partial charge in [-0.3, -0.25) is 0 Å². The zero-order valence-electron chi connectivity index (χ0n) is 5.96. The second kappa shape index (κ2) is 4.08. The van der Waals surface area contributed by atoms with Crippen LogP contribution in [0.3, 0.4) is 0 Å². The van der Waals surface area contributed by atoms with Crippen LogP contribution >= 0.6 is 38.5 Å². The second-order valence-electron chi connectivity index (χ2n) is 2.09. The molecule has 0 aliphatic heterocycles. The molecule has 0 aromatic heterocycles. The molecule has 0 saturated heterocycles. The van der Waals surface area contributed by atoms with Crippen molar-refractivity contribution in [2.45, 2.75) is 0 Å². The fourth-order valence-electron chi connectivity index (χ4n) is 0.755. The predicted octanol–water partition coefficient (Wildman–Crippen LogP) is 2.15. The van der Waals surface area contributed by atoms with Crippen molar-refractivity contribution in [3.05, 3.63) is 31.8 Å². The van der Waals surface area contributed by atoms with E-state index < -0.39 is 0 Å². The molecule has 0 aliphatic rings. The number of nitrogens with zero attached hydrogens (tertiary/aromatic N) is 1. The molecule has 64 valence electrons. The maximum Gasteiger partial charge on any atom is 0.171 e. The lowest BCUT2D eigenvalue weighted by Crippen LogP contribution is -2.13. The number of nitrogens with two attached hydrogens (primary N) is 1. The van der Waals surface area contributed by atoms with Crippen LogP contribution in [-0.4, -0.2) is 11.0 Å². The lowest BCUT2D eigenvalue weighted by atomic mass is 10.2. The van der Waals surface area contributed by atoms with E-state index in [9.17, 15) is 0 Å². The van der Waals surface area contributed by atoms with Crippen LogP contribution in [0.25, 0.3) is 0 Å². The monoisotopic (exact) mass is 340 g/mol. The SMILES string of the molecule is N/C(=N\O)c1cccc(I)c1Br. The first-order valence-corrected chi connectivity index (χ1v) is 4.96. The molecule has 0 saturated carbocycles. The van der Waals surface area contributed by atoms with Crippen LogP contribution in [0.2, 0.25) is 0 Å². The second-order valence-corrected chi connectivity index (χ2v) is 4.04. The molecule has 0 unspecified atom stereocenters. The minimum absolute atomic E-state index is 0.111. The molecule has 5 heteroatoms. The quantitative estimate of drug-likeness (QED) is 0.270. The summed E-state index contributed by atoms with van der Waals surface area (Å²) in [6.45, 7) is 0. The summed E-state index contributed by atoms with van der Waals surface area (Å²) in [4.78, 5) is 0. The molecule has 1 aromatic rings. The summed E-state index contributed by atoms with van der Waals surface area (Å²) in [5, 5.41) is 11.4. The van der Waals surface area contributed by atoms with E-state index in [1.54, 1.807) is 6.07 Å². The first kappa shape index (κ1) is 9.79. The number of hydrogen-bond donors (Lipinski definition) is 2. The highest BCUT2D eigenvalue weighted by Crippen LogP contribution is 2.22. The first-order valence-electron chi connectivity index (χ1n) is 3.08. The maximum atomic E-state index is 8.44. The molecule has 1 rings (SSSR count). The largest absolute Gasteiger partial charge is 0.409 e. The van der Waals surface area contributed by atoms with Gasteiger partial charge < -0.3 is 10.9 Å². The number of oxime groups is 1. The molecular formula is C7H6BrIN2O. The normalized spacial score (nSPS) is 11.7. The van der Waals surface area contributed by atoms with E-state index >= 15 is 0 Å². The molecule has 12 heavy (non-hydrogen) atoms. The lowest BCUT2D eigenvalue weighted by Gasteiger charge is -2.02. The van der Waals surface area contributed by atoms with Crippen molar-refractivity contribution < 1.29 is 5.21 Å². The first-order chi connectivity index (χ1) is 5.66. The molecule has 0 heterocycles. The molecular weight excluding hydrogens is 335 g/mol. The highest BCUT2D eigenvalue weighted by atomic mass is 127. The van der Waals surface area contributed by atoms with E-state index in [2.05, 4.69) is 43.7 Å².